The third-order valence-electron chi connectivity index (χ3n) is 4.10. The Morgan fingerprint density at radius 3 is 2.68 bits per heavy atom. The van der Waals surface area contributed by atoms with Crippen molar-refractivity contribution >= 4 is 17.4 Å². The topological polar surface area (TPSA) is 124 Å². The van der Waals surface area contributed by atoms with Gasteiger partial charge in [0.25, 0.3) is 5.91 Å². The van der Waals surface area contributed by atoms with E-state index in [4.69, 9.17) is 20.5 Å². The van der Waals surface area contributed by atoms with E-state index in [1.807, 2.05) is 19.3 Å². The van der Waals surface area contributed by atoms with Crippen molar-refractivity contribution in [2.24, 2.45) is 17.8 Å². The lowest BCUT2D eigenvalue weighted by Crippen LogP contribution is -2.31. The van der Waals surface area contributed by atoms with Gasteiger partial charge < -0.3 is 30.0 Å². The summed E-state index contributed by atoms with van der Waals surface area (Å²) < 4.78 is 12.5. The van der Waals surface area contributed by atoms with Crippen molar-refractivity contribution in [3.05, 3.63) is 18.0 Å². The Hall–Kier alpha value is -2.57. The van der Waals surface area contributed by atoms with Gasteiger partial charge >= 0.3 is 0 Å². The Balaban J connectivity index is 1.60. The fourth-order valence-corrected chi connectivity index (χ4v) is 2.58. The number of aliphatic imine (C=N–C) groups is 1. The van der Waals surface area contributed by atoms with Gasteiger partial charge in [0.2, 0.25) is 6.19 Å². The molecule has 134 valence electrons. The number of amides is 1. The van der Waals surface area contributed by atoms with E-state index < -0.39 is 0 Å². The Labute approximate surface area is 146 Å². The molecule has 25 heavy (non-hydrogen) atoms. The smallest absolute Gasteiger partial charge is 0.267 e. The van der Waals surface area contributed by atoms with Gasteiger partial charge in [-0.15, -0.1) is 0 Å². The Bertz CT molecular complexity index is 685. The summed E-state index contributed by atoms with van der Waals surface area (Å²) in [5.41, 5.74) is 7.06. The molecule has 2 aliphatic heterocycles. The molecule has 0 spiro atoms. The number of epoxide rings is 2. The normalized spacial score (nSPS) is 21.5. The number of nitriles is 1. The number of aromatic nitrogens is 1. The number of ether oxygens (including phenoxy) is 2. The van der Waals surface area contributed by atoms with Crippen LogP contribution in [0.3, 0.4) is 0 Å². The zero-order valence-electron chi connectivity index (χ0n) is 14.1. The molecule has 2 fully saturated rings. The molecule has 3 rings (SSSR count). The van der Waals surface area contributed by atoms with Gasteiger partial charge in [-0.25, -0.2) is 0 Å². The van der Waals surface area contributed by atoms with Crippen LogP contribution in [-0.2, 0) is 16.5 Å². The molecule has 3 heterocycles. The van der Waals surface area contributed by atoms with Gasteiger partial charge in [0.1, 0.15) is 11.5 Å². The number of hydrogen-bond acceptors (Lipinski definition) is 6. The molecule has 1 aromatic heterocycles. The number of nitrogens with zero attached hydrogens (tertiary/aromatic N) is 4. The third-order valence-corrected chi connectivity index (χ3v) is 4.10. The molecule has 0 radical (unpaired) electrons. The molecule has 0 aliphatic carbocycles. The van der Waals surface area contributed by atoms with Crippen molar-refractivity contribution < 1.29 is 14.3 Å². The minimum Gasteiger partial charge on any atom is -0.386 e. The van der Waals surface area contributed by atoms with Crippen molar-refractivity contribution in [2.75, 3.05) is 37.7 Å². The van der Waals surface area contributed by atoms with Crippen LogP contribution in [0.2, 0.25) is 0 Å². The molecular weight excluding hydrogens is 324 g/mol. The first-order chi connectivity index (χ1) is 12.1. The van der Waals surface area contributed by atoms with E-state index in [1.165, 1.54) is 0 Å². The molecule has 2 unspecified atom stereocenters. The minimum absolute atomic E-state index is 0.191. The minimum atomic E-state index is -0.191. The highest BCUT2D eigenvalue weighted by Gasteiger charge is 2.31. The van der Waals surface area contributed by atoms with Gasteiger partial charge in [0.15, 0.2) is 0 Å². The Kier molecular flexibility index (Phi) is 5.21. The summed E-state index contributed by atoms with van der Waals surface area (Å²) in [6.07, 6.45) is 4.42. The Morgan fingerprint density at radius 1 is 1.48 bits per heavy atom. The molecule has 9 heteroatoms. The first-order valence-corrected chi connectivity index (χ1v) is 8.20. The lowest BCUT2D eigenvalue weighted by Gasteiger charge is -2.21. The summed E-state index contributed by atoms with van der Waals surface area (Å²) in [6.45, 7) is 3.49. The summed E-state index contributed by atoms with van der Waals surface area (Å²) in [6, 6.07) is 1.87. The molecular formula is C16H22N6O3. The zero-order valence-corrected chi connectivity index (χ0v) is 14.1. The molecule has 2 aliphatic rings. The number of aryl methyl sites for hydroxylation is 1. The molecule has 1 amide bonds. The average molecular weight is 346 g/mol. The van der Waals surface area contributed by atoms with Crippen LogP contribution in [0.4, 0.5) is 5.69 Å². The maximum atomic E-state index is 12.4. The van der Waals surface area contributed by atoms with E-state index in [0.717, 1.165) is 32.0 Å². The van der Waals surface area contributed by atoms with Crippen LogP contribution in [0.15, 0.2) is 17.3 Å². The summed E-state index contributed by atoms with van der Waals surface area (Å²) in [4.78, 5) is 18.0. The van der Waals surface area contributed by atoms with Gasteiger partial charge in [0.05, 0.1) is 31.1 Å². The van der Waals surface area contributed by atoms with Crippen molar-refractivity contribution in [2.45, 2.75) is 18.6 Å². The zero-order chi connectivity index (χ0) is 17.8. The quantitative estimate of drug-likeness (QED) is 0.271. The fraction of sp³-hybridized carbons (Fsp3) is 0.562. The molecule has 0 bridgehead atoms. The predicted molar refractivity (Wildman–Crippen MR) is 91.3 cm³/mol. The number of carbonyl (C=O) groups excluding carboxylic acids is 1. The van der Waals surface area contributed by atoms with Crippen LogP contribution in [0.25, 0.3) is 0 Å². The SMILES string of the molecule is Cn1cc(N(CC2CO2)CC2CO2)cc1C(=O)NCCC(N)=NC#N. The number of nitrogens with one attached hydrogen (secondary N) is 1. The van der Waals surface area contributed by atoms with Gasteiger partial charge in [0, 0.05) is 39.3 Å². The van der Waals surface area contributed by atoms with Crippen LogP contribution in [0.1, 0.15) is 16.9 Å². The van der Waals surface area contributed by atoms with Crippen LogP contribution >= 0.6 is 0 Å². The molecule has 9 nitrogen and oxygen atoms in total. The molecule has 0 aromatic carbocycles. The number of hydrogen-bond donors (Lipinski definition) is 2. The second-order valence-electron chi connectivity index (χ2n) is 6.22. The predicted octanol–water partition coefficient (Wildman–Crippen LogP) is -0.413. The van der Waals surface area contributed by atoms with Gasteiger partial charge in [-0.2, -0.15) is 10.3 Å². The highest BCUT2D eigenvalue weighted by Crippen LogP contribution is 2.24. The first-order valence-electron chi connectivity index (χ1n) is 8.20. The maximum Gasteiger partial charge on any atom is 0.267 e. The summed E-state index contributed by atoms with van der Waals surface area (Å²) in [7, 11) is 1.84. The van der Waals surface area contributed by atoms with E-state index in [9.17, 15) is 4.79 Å². The van der Waals surface area contributed by atoms with Crippen LogP contribution < -0.4 is 16.0 Å². The summed E-state index contributed by atoms with van der Waals surface area (Å²) in [5, 5.41) is 11.2. The molecule has 1 aromatic rings. The highest BCUT2D eigenvalue weighted by molar-refractivity contribution is 5.94. The first kappa shape index (κ1) is 17.3. The third kappa shape index (κ3) is 4.95. The second-order valence-corrected chi connectivity index (χ2v) is 6.22. The van der Waals surface area contributed by atoms with Gasteiger partial charge in [-0.3, -0.25) is 4.79 Å². The van der Waals surface area contributed by atoms with E-state index >= 15 is 0 Å². The number of nitrogens with two attached hydrogens (primary N) is 1. The number of rotatable bonds is 9. The van der Waals surface area contributed by atoms with Crippen LogP contribution in [0, 0.1) is 11.5 Å². The Morgan fingerprint density at radius 2 is 2.12 bits per heavy atom. The van der Waals surface area contributed by atoms with E-state index in [2.05, 4.69) is 15.2 Å². The lowest BCUT2D eigenvalue weighted by atomic mass is 10.3. The number of anilines is 1. The van der Waals surface area contributed by atoms with Gasteiger partial charge in [-0.05, 0) is 6.07 Å². The van der Waals surface area contributed by atoms with Crippen molar-refractivity contribution in [1.29, 1.82) is 5.26 Å². The van der Waals surface area contributed by atoms with Crippen LogP contribution in [-0.4, -0.2) is 61.4 Å². The standard InChI is InChI=1S/C16H22N6O3/c1-21-5-11(22(6-12-8-24-12)7-13-9-25-13)4-14(21)16(23)19-3-2-15(18)20-10-17/h4-5,12-13H,2-3,6-9H2,1H3,(H2,18,20)(H,19,23). The average Bonchev–Trinajstić information content (AvgIpc) is 3.49. The number of carbonyl (C=O) groups is 1. The van der Waals surface area contributed by atoms with Gasteiger partial charge in [-0.1, -0.05) is 0 Å². The molecule has 0 saturated carbocycles. The monoisotopic (exact) mass is 346 g/mol. The summed E-state index contributed by atoms with van der Waals surface area (Å²) in [5.74, 6) is 0.0132. The molecule has 2 saturated heterocycles. The van der Waals surface area contributed by atoms with Crippen LogP contribution in [0.5, 0.6) is 0 Å². The largest absolute Gasteiger partial charge is 0.386 e. The molecule has 3 N–H and O–H groups in total. The maximum absolute atomic E-state index is 12.4. The van der Waals surface area contributed by atoms with E-state index in [1.54, 1.807) is 10.8 Å². The lowest BCUT2D eigenvalue weighted by molar-refractivity contribution is 0.0946. The summed E-state index contributed by atoms with van der Waals surface area (Å²) >= 11 is 0. The second kappa shape index (κ2) is 7.55. The van der Waals surface area contributed by atoms with Crippen molar-refractivity contribution in [3.8, 4) is 6.19 Å². The highest BCUT2D eigenvalue weighted by atomic mass is 16.6. The van der Waals surface area contributed by atoms with E-state index in [-0.39, 0.29) is 24.0 Å². The number of amidine groups is 1. The molecule has 2 atom stereocenters. The fourth-order valence-electron chi connectivity index (χ4n) is 2.58. The van der Waals surface area contributed by atoms with Crippen molar-refractivity contribution in [3.63, 3.8) is 0 Å². The van der Waals surface area contributed by atoms with E-state index in [0.29, 0.717) is 18.7 Å². The van der Waals surface area contributed by atoms with Crippen molar-refractivity contribution in [1.82, 2.24) is 9.88 Å².